The minimum Gasteiger partial charge on any atom is -0.495 e. The molecule has 32 heavy (non-hydrogen) atoms. The Bertz CT molecular complexity index is 854. The number of benzene rings is 1. The number of guanidine groups is 1. The van der Waals surface area contributed by atoms with Gasteiger partial charge in [-0.25, -0.2) is 0 Å². The molecule has 1 aromatic heterocycles. The van der Waals surface area contributed by atoms with E-state index in [-0.39, 0.29) is 24.0 Å². The van der Waals surface area contributed by atoms with E-state index in [1.54, 1.807) is 7.11 Å². The van der Waals surface area contributed by atoms with Crippen LogP contribution in [0.15, 0.2) is 46.8 Å². The zero-order chi connectivity index (χ0) is 21.6. The first kappa shape index (κ1) is 25.1. The van der Waals surface area contributed by atoms with Crippen molar-refractivity contribution >= 4 is 47.0 Å². The quantitative estimate of drug-likeness (QED) is 0.333. The summed E-state index contributed by atoms with van der Waals surface area (Å²) in [4.78, 5) is 13.4. The lowest BCUT2D eigenvalue weighted by Gasteiger charge is -2.41. The molecule has 4 rings (SSSR count). The van der Waals surface area contributed by atoms with Crippen LogP contribution in [0.5, 0.6) is 5.75 Å². The Kier molecular flexibility index (Phi) is 9.48. The van der Waals surface area contributed by atoms with Gasteiger partial charge in [-0.05, 0) is 55.9 Å². The molecule has 0 saturated carbocycles. The molecule has 0 aliphatic carbocycles. The molecule has 176 valence electrons. The fourth-order valence-electron chi connectivity index (χ4n) is 4.99. The third kappa shape index (κ3) is 5.69. The fraction of sp³-hybridized carbons (Fsp3) is 0.542. The van der Waals surface area contributed by atoms with Crippen LogP contribution < -0.4 is 15.0 Å². The standard InChI is InChI=1S/C24H35N5OS.HI/c1-25-24(26-18-19-8-6-12-27(2)23(19)22-11-7-17-31-22)29-15-13-28(14-16-29)20-9-4-5-10-21(20)30-3;/h4-5,7,9-11,17,19,23H,6,8,12-16,18H2,1-3H3,(H,25,26);1H. The van der Waals surface area contributed by atoms with Crippen molar-refractivity contribution in [3.05, 3.63) is 46.7 Å². The molecule has 2 atom stereocenters. The number of nitrogens with one attached hydrogen (secondary N) is 1. The predicted molar refractivity (Wildman–Crippen MR) is 146 cm³/mol. The van der Waals surface area contributed by atoms with E-state index in [4.69, 9.17) is 4.74 Å². The Morgan fingerprint density at radius 2 is 1.91 bits per heavy atom. The number of piperazine rings is 1. The van der Waals surface area contributed by atoms with Gasteiger partial charge in [-0.15, -0.1) is 35.3 Å². The molecule has 2 aliphatic heterocycles. The maximum atomic E-state index is 5.55. The highest BCUT2D eigenvalue weighted by molar-refractivity contribution is 14.0. The Morgan fingerprint density at radius 1 is 1.12 bits per heavy atom. The normalized spacial score (nSPS) is 22.4. The maximum Gasteiger partial charge on any atom is 0.193 e. The highest BCUT2D eigenvalue weighted by Crippen LogP contribution is 2.36. The van der Waals surface area contributed by atoms with Crippen LogP contribution in [0.1, 0.15) is 23.8 Å². The Hall–Kier alpha value is -1.52. The summed E-state index contributed by atoms with van der Waals surface area (Å²) in [7, 11) is 5.91. The molecule has 6 nitrogen and oxygen atoms in total. The van der Waals surface area contributed by atoms with Crippen molar-refractivity contribution in [3.63, 3.8) is 0 Å². The Labute approximate surface area is 213 Å². The number of hydrogen-bond acceptors (Lipinski definition) is 5. The van der Waals surface area contributed by atoms with Gasteiger partial charge in [0, 0.05) is 50.7 Å². The largest absolute Gasteiger partial charge is 0.495 e. The number of piperidine rings is 1. The summed E-state index contributed by atoms with van der Waals surface area (Å²) in [5, 5.41) is 5.91. The lowest BCUT2D eigenvalue weighted by Crippen LogP contribution is -2.53. The highest BCUT2D eigenvalue weighted by atomic mass is 127. The van der Waals surface area contributed by atoms with E-state index in [1.165, 1.54) is 30.0 Å². The summed E-state index contributed by atoms with van der Waals surface area (Å²) in [6.07, 6.45) is 2.53. The van der Waals surface area contributed by atoms with Gasteiger partial charge in [0.1, 0.15) is 5.75 Å². The van der Waals surface area contributed by atoms with Crippen LogP contribution in [0.3, 0.4) is 0 Å². The molecule has 2 aromatic rings. The second-order valence-electron chi connectivity index (χ2n) is 8.42. The molecular formula is C24H36IN5OS. The first-order chi connectivity index (χ1) is 15.2. The van der Waals surface area contributed by atoms with E-state index < -0.39 is 0 Å². The van der Waals surface area contributed by atoms with Crippen LogP contribution in [0.25, 0.3) is 0 Å². The first-order valence-corrected chi connectivity index (χ1v) is 12.2. The topological polar surface area (TPSA) is 43.3 Å². The van der Waals surface area contributed by atoms with Crippen LogP contribution >= 0.6 is 35.3 Å². The number of halogens is 1. The number of methoxy groups -OCH3 is 1. The van der Waals surface area contributed by atoms with E-state index >= 15 is 0 Å². The highest BCUT2D eigenvalue weighted by Gasteiger charge is 2.31. The minimum absolute atomic E-state index is 0. The Balaban J connectivity index is 0.00000289. The van der Waals surface area contributed by atoms with Gasteiger partial charge in [0.05, 0.1) is 12.8 Å². The molecule has 8 heteroatoms. The zero-order valence-corrected chi connectivity index (χ0v) is 22.5. The Morgan fingerprint density at radius 3 is 2.59 bits per heavy atom. The van der Waals surface area contributed by atoms with Crippen LogP contribution in [-0.4, -0.2) is 76.2 Å². The number of likely N-dealkylation sites (tertiary alicyclic amines) is 1. The number of aliphatic imine (C=N–C) groups is 1. The van der Waals surface area contributed by atoms with Crippen molar-refractivity contribution in [1.29, 1.82) is 0 Å². The summed E-state index contributed by atoms with van der Waals surface area (Å²) < 4.78 is 5.55. The summed E-state index contributed by atoms with van der Waals surface area (Å²) in [5.74, 6) is 2.57. The molecule has 2 aliphatic rings. The van der Waals surface area contributed by atoms with E-state index in [0.717, 1.165) is 44.4 Å². The number of thiophene rings is 1. The number of anilines is 1. The molecular weight excluding hydrogens is 533 g/mol. The van der Waals surface area contributed by atoms with Crippen LogP contribution in [0.2, 0.25) is 0 Å². The van der Waals surface area contributed by atoms with E-state index in [2.05, 4.69) is 61.7 Å². The predicted octanol–water partition coefficient (Wildman–Crippen LogP) is 4.16. The van der Waals surface area contributed by atoms with Crippen LogP contribution in [0, 0.1) is 5.92 Å². The average Bonchev–Trinajstić information content (AvgIpc) is 3.34. The third-order valence-corrected chi connectivity index (χ3v) is 7.52. The summed E-state index contributed by atoms with van der Waals surface area (Å²) >= 11 is 1.88. The van der Waals surface area contributed by atoms with Gasteiger partial charge in [-0.2, -0.15) is 0 Å². The first-order valence-electron chi connectivity index (χ1n) is 11.3. The number of ether oxygens (including phenoxy) is 1. The third-order valence-electron chi connectivity index (χ3n) is 6.58. The van der Waals surface area contributed by atoms with Crippen molar-refractivity contribution in [2.75, 3.05) is 65.4 Å². The van der Waals surface area contributed by atoms with Gasteiger partial charge >= 0.3 is 0 Å². The van der Waals surface area contributed by atoms with Gasteiger partial charge in [0.2, 0.25) is 0 Å². The molecule has 3 heterocycles. The lowest BCUT2D eigenvalue weighted by molar-refractivity contribution is 0.124. The van der Waals surface area contributed by atoms with Gasteiger partial charge in [0.15, 0.2) is 5.96 Å². The van der Waals surface area contributed by atoms with E-state index in [0.29, 0.717) is 12.0 Å². The number of para-hydroxylation sites is 2. The van der Waals surface area contributed by atoms with Gasteiger partial charge < -0.3 is 19.9 Å². The van der Waals surface area contributed by atoms with Crippen LogP contribution in [-0.2, 0) is 0 Å². The van der Waals surface area contributed by atoms with Gasteiger partial charge in [-0.3, -0.25) is 9.89 Å². The van der Waals surface area contributed by atoms with E-state index in [9.17, 15) is 0 Å². The monoisotopic (exact) mass is 569 g/mol. The maximum absolute atomic E-state index is 5.55. The fourth-order valence-corrected chi connectivity index (χ4v) is 5.97. The molecule has 0 spiro atoms. The van der Waals surface area contributed by atoms with E-state index in [1.807, 2.05) is 30.5 Å². The van der Waals surface area contributed by atoms with Gasteiger partial charge in [0.25, 0.3) is 0 Å². The van der Waals surface area contributed by atoms with Crippen molar-refractivity contribution in [2.45, 2.75) is 18.9 Å². The molecule has 1 aromatic carbocycles. The molecule has 2 fully saturated rings. The van der Waals surface area contributed by atoms with Gasteiger partial charge in [-0.1, -0.05) is 18.2 Å². The number of hydrogen-bond donors (Lipinski definition) is 1. The molecule has 2 saturated heterocycles. The SMILES string of the molecule is CN=C(NCC1CCCN(C)C1c1cccs1)N1CCN(c2ccccc2OC)CC1.I. The van der Waals surface area contributed by atoms with Crippen molar-refractivity contribution in [1.82, 2.24) is 15.1 Å². The summed E-state index contributed by atoms with van der Waals surface area (Å²) in [6, 6.07) is 13.2. The summed E-state index contributed by atoms with van der Waals surface area (Å²) in [6.45, 7) is 5.98. The lowest BCUT2D eigenvalue weighted by atomic mass is 9.88. The second kappa shape index (κ2) is 12.1. The van der Waals surface area contributed by atoms with Crippen molar-refractivity contribution in [2.24, 2.45) is 10.9 Å². The summed E-state index contributed by atoms with van der Waals surface area (Å²) in [5.41, 5.74) is 1.18. The molecule has 2 unspecified atom stereocenters. The molecule has 1 N–H and O–H groups in total. The molecule has 0 radical (unpaired) electrons. The molecule has 0 bridgehead atoms. The average molecular weight is 570 g/mol. The zero-order valence-electron chi connectivity index (χ0n) is 19.4. The second-order valence-corrected chi connectivity index (χ2v) is 9.40. The number of nitrogens with zero attached hydrogens (tertiary/aromatic N) is 4. The molecule has 0 amide bonds. The van der Waals surface area contributed by atoms with Crippen molar-refractivity contribution in [3.8, 4) is 5.75 Å². The number of rotatable bonds is 5. The smallest absolute Gasteiger partial charge is 0.193 e. The van der Waals surface area contributed by atoms with Crippen molar-refractivity contribution < 1.29 is 4.74 Å². The minimum atomic E-state index is 0. The van der Waals surface area contributed by atoms with Crippen LogP contribution in [0.4, 0.5) is 5.69 Å².